The molecule has 0 saturated heterocycles. The van der Waals surface area contributed by atoms with E-state index in [9.17, 15) is 22.8 Å². The Morgan fingerprint density at radius 2 is 1.81 bits per heavy atom. The number of benzene rings is 1. The van der Waals surface area contributed by atoms with Gasteiger partial charge in [0, 0.05) is 18.8 Å². The summed E-state index contributed by atoms with van der Waals surface area (Å²) < 4.78 is 35.6. The second kappa shape index (κ2) is 7.16. The molecule has 21 heavy (non-hydrogen) atoms. The summed E-state index contributed by atoms with van der Waals surface area (Å²) in [4.78, 5) is 22.3. The number of carbonyl (C=O) groups excluding carboxylic acids is 2. The molecule has 0 aliphatic heterocycles. The Labute approximate surface area is 123 Å². The molecular weight excluding hydrogens is 311 g/mol. The van der Waals surface area contributed by atoms with E-state index < -0.39 is 18.0 Å². The van der Waals surface area contributed by atoms with Crippen LogP contribution in [0.25, 0.3) is 0 Å². The van der Waals surface area contributed by atoms with Gasteiger partial charge < -0.3 is 16.4 Å². The summed E-state index contributed by atoms with van der Waals surface area (Å²) >= 11 is 5.82. The molecule has 0 aliphatic carbocycles. The van der Waals surface area contributed by atoms with Crippen molar-refractivity contribution in [2.45, 2.75) is 12.6 Å². The van der Waals surface area contributed by atoms with E-state index >= 15 is 0 Å². The molecule has 0 heterocycles. The monoisotopic (exact) mass is 323 g/mol. The Kier molecular flexibility index (Phi) is 5.83. The lowest BCUT2D eigenvalue weighted by Gasteiger charge is -2.09. The number of anilines is 1. The molecule has 2 amide bonds. The Morgan fingerprint density at radius 1 is 1.19 bits per heavy atom. The fourth-order valence-corrected chi connectivity index (χ4v) is 1.61. The van der Waals surface area contributed by atoms with Crippen LogP contribution in [0.2, 0.25) is 5.02 Å². The van der Waals surface area contributed by atoms with Gasteiger partial charge in [0.05, 0.1) is 10.6 Å². The Balaban J connectivity index is 2.35. The van der Waals surface area contributed by atoms with Crippen molar-refractivity contribution in [1.82, 2.24) is 10.6 Å². The minimum atomic E-state index is -4.90. The number of halogens is 4. The summed E-state index contributed by atoms with van der Waals surface area (Å²) in [6, 6.07) is 4.39. The second-order valence-electron chi connectivity index (χ2n) is 4.10. The van der Waals surface area contributed by atoms with E-state index in [-0.39, 0.29) is 30.1 Å². The molecule has 116 valence electrons. The molecule has 0 radical (unpaired) electrons. The molecule has 0 bridgehead atoms. The summed E-state index contributed by atoms with van der Waals surface area (Å²) in [6.45, 7) is -0.120. The van der Waals surface area contributed by atoms with E-state index in [2.05, 4.69) is 5.32 Å². The average molecular weight is 324 g/mol. The first-order valence-electron chi connectivity index (χ1n) is 5.90. The number of nitrogen functional groups attached to an aromatic ring is 1. The van der Waals surface area contributed by atoms with Crippen molar-refractivity contribution in [3.8, 4) is 0 Å². The zero-order chi connectivity index (χ0) is 16.0. The number of hydrogen-bond acceptors (Lipinski definition) is 3. The van der Waals surface area contributed by atoms with Crippen LogP contribution >= 0.6 is 11.6 Å². The van der Waals surface area contributed by atoms with Gasteiger partial charge in [-0.05, 0) is 24.6 Å². The molecule has 0 aromatic heterocycles. The Morgan fingerprint density at radius 3 is 2.43 bits per heavy atom. The molecule has 1 aromatic rings. The van der Waals surface area contributed by atoms with Crippen LogP contribution in [0.15, 0.2) is 18.2 Å². The molecule has 0 atom stereocenters. The predicted octanol–water partition coefficient (Wildman–Crippen LogP) is 1.72. The van der Waals surface area contributed by atoms with Gasteiger partial charge in [-0.15, -0.1) is 0 Å². The lowest BCUT2D eigenvalue weighted by molar-refractivity contribution is -0.173. The van der Waals surface area contributed by atoms with E-state index in [1.807, 2.05) is 0 Å². The van der Waals surface area contributed by atoms with Crippen LogP contribution in [0, 0.1) is 0 Å². The number of rotatable bonds is 5. The maximum atomic E-state index is 11.9. The van der Waals surface area contributed by atoms with Gasteiger partial charge in [-0.1, -0.05) is 11.6 Å². The van der Waals surface area contributed by atoms with Crippen molar-refractivity contribution in [3.05, 3.63) is 28.8 Å². The largest absolute Gasteiger partial charge is 0.471 e. The van der Waals surface area contributed by atoms with E-state index in [4.69, 9.17) is 17.3 Å². The molecule has 0 spiro atoms. The minimum Gasteiger partial charge on any atom is -0.399 e. The van der Waals surface area contributed by atoms with Crippen molar-refractivity contribution in [2.75, 3.05) is 18.8 Å². The number of nitrogens with one attached hydrogen (secondary N) is 2. The van der Waals surface area contributed by atoms with Crippen molar-refractivity contribution in [2.24, 2.45) is 0 Å². The first-order chi connectivity index (χ1) is 9.71. The van der Waals surface area contributed by atoms with Gasteiger partial charge in [0.15, 0.2) is 0 Å². The van der Waals surface area contributed by atoms with E-state index in [1.165, 1.54) is 18.2 Å². The second-order valence-corrected chi connectivity index (χ2v) is 4.51. The molecule has 5 nitrogen and oxygen atoms in total. The number of carbonyl (C=O) groups is 2. The van der Waals surface area contributed by atoms with Crippen molar-refractivity contribution in [3.63, 3.8) is 0 Å². The lowest BCUT2D eigenvalue weighted by atomic mass is 10.2. The zero-order valence-electron chi connectivity index (χ0n) is 10.8. The summed E-state index contributed by atoms with van der Waals surface area (Å²) in [6.07, 6.45) is -4.76. The van der Waals surface area contributed by atoms with E-state index in [0.29, 0.717) is 5.69 Å². The van der Waals surface area contributed by atoms with E-state index in [1.54, 1.807) is 5.32 Å². The Hall–Kier alpha value is -1.96. The summed E-state index contributed by atoms with van der Waals surface area (Å²) in [5.41, 5.74) is 6.06. The highest BCUT2D eigenvalue weighted by atomic mass is 35.5. The molecule has 9 heteroatoms. The number of amides is 2. The maximum absolute atomic E-state index is 11.9. The number of nitrogens with two attached hydrogens (primary N) is 1. The van der Waals surface area contributed by atoms with Crippen LogP contribution in [-0.2, 0) is 4.79 Å². The molecule has 0 unspecified atom stereocenters. The molecule has 4 N–H and O–H groups in total. The third-order valence-corrected chi connectivity index (χ3v) is 2.75. The topological polar surface area (TPSA) is 84.2 Å². The molecule has 0 fully saturated rings. The van der Waals surface area contributed by atoms with Crippen LogP contribution < -0.4 is 16.4 Å². The van der Waals surface area contributed by atoms with Gasteiger partial charge in [0.25, 0.3) is 5.91 Å². The number of hydrogen-bond donors (Lipinski definition) is 3. The zero-order valence-corrected chi connectivity index (χ0v) is 11.5. The van der Waals surface area contributed by atoms with E-state index in [0.717, 1.165) is 0 Å². The highest BCUT2D eigenvalue weighted by molar-refractivity contribution is 6.34. The van der Waals surface area contributed by atoms with Crippen LogP contribution in [0.4, 0.5) is 18.9 Å². The molecule has 1 rings (SSSR count). The molecule has 0 saturated carbocycles. The van der Waals surface area contributed by atoms with Crippen molar-refractivity contribution < 1.29 is 22.8 Å². The molecular formula is C12H13ClF3N3O2. The average Bonchev–Trinajstić information content (AvgIpc) is 2.39. The lowest BCUT2D eigenvalue weighted by Crippen LogP contribution is -2.38. The Bertz CT molecular complexity index is 535. The maximum Gasteiger partial charge on any atom is 0.471 e. The summed E-state index contributed by atoms with van der Waals surface area (Å²) in [5.74, 6) is -2.50. The fourth-order valence-electron chi connectivity index (χ4n) is 1.40. The highest BCUT2D eigenvalue weighted by Gasteiger charge is 2.38. The third-order valence-electron chi connectivity index (χ3n) is 2.42. The van der Waals surface area contributed by atoms with Crippen molar-refractivity contribution >= 4 is 29.1 Å². The number of alkyl halides is 3. The fraction of sp³-hybridized carbons (Fsp3) is 0.333. The minimum absolute atomic E-state index is 0.0854. The molecule has 0 aliphatic rings. The van der Waals surface area contributed by atoms with Crippen molar-refractivity contribution in [1.29, 1.82) is 0 Å². The van der Waals surface area contributed by atoms with Gasteiger partial charge in [-0.2, -0.15) is 13.2 Å². The summed E-state index contributed by atoms with van der Waals surface area (Å²) in [7, 11) is 0. The van der Waals surface area contributed by atoms with Gasteiger partial charge in [-0.25, -0.2) is 0 Å². The quantitative estimate of drug-likeness (QED) is 0.570. The van der Waals surface area contributed by atoms with Crippen LogP contribution in [0.1, 0.15) is 16.8 Å². The normalized spacial score (nSPS) is 11.0. The molecule has 1 aromatic carbocycles. The third kappa shape index (κ3) is 5.50. The van der Waals surface area contributed by atoms with Gasteiger partial charge in [0.1, 0.15) is 0 Å². The predicted molar refractivity (Wildman–Crippen MR) is 71.9 cm³/mol. The highest BCUT2D eigenvalue weighted by Crippen LogP contribution is 2.18. The van der Waals surface area contributed by atoms with Gasteiger partial charge in [0.2, 0.25) is 0 Å². The van der Waals surface area contributed by atoms with Gasteiger partial charge >= 0.3 is 12.1 Å². The summed E-state index contributed by atoms with van der Waals surface area (Å²) in [5, 5.41) is 4.38. The SMILES string of the molecule is Nc1ccc(Cl)c(C(=O)NCCCNC(=O)C(F)(F)F)c1. The first kappa shape index (κ1) is 17.1. The smallest absolute Gasteiger partial charge is 0.399 e. The first-order valence-corrected chi connectivity index (χ1v) is 6.28. The van der Waals surface area contributed by atoms with Gasteiger partial charge in [-0.3, -0.25) is 9.59 Å². The van der Waals surface area contributed by atoms with Crippen LogP contribution in [-0.4, -0.2) is 31.1 Å². The standard InChI is InChI=1S/C12H13ClF3N3O2/c13-9-3-2-7(17)6-8(9)10(20)18-4-1-5-19-11(21)12(14,15)16/h2-3,6H,1,4-5,17H2,(H,18,20)(H,19,21). The van der Waals surface area contributed by atoms with Crippen LogP contribution in [0.3, 0.4) is 0 Å². The van der Waals surface area contributed by atoms with Crippen LogP contribution in [0.5, 0.6) is 0 Å².